The molecule has 2 aromatic rings. The third-order valence-corrected chi connectivity index (χ3v) is 4.87. The smallest absolute Gasteiger partial charge is 0.276 e. The molecule has 0 aliphatic carbocycles. The van der Waals surface area contributed by atoms with Gasteiger partial charge >= 0.3 is 0 Å². The molecule has 2 aromatic carbocycles. The highest BCUT2D eigenvalue weighted by Crippen LogP contribution is 2.42. The van der Waals surface area contributed by atoms with Gasteiger partial charge in [0.25, 0.3) is 5.91 Å². The molecule has 1 unspecified atom stereocenters. The van der Waals surface area contributed by atoms with Gasteiger partial charge in [-0.25, -0.2) is 4.42 Å². The molecule has 1 amide bonds. The molecular weight excluding hydrogens is 449 g/mol. The fourth-order valence-corrected chi connectivity index (χ4v) is 3.13. The molecule has 0 saturated heterocycles. The maximum atomic E-state index is 12.9. The van der Waals surface area contributed by atoms with Crippen molar-refractivity contribution in [2.45, 2.75) is 13.0 Å². The van der Waals surface area contributed by atoms with Crippen LogP contribution in [0.2, 0.25) is 5.02 Å². The van der Waals surface area contributed by atoms with Crippen LogP contribution in [0, 0.1) is 0 Å². The quantitative estimate of drug-likeness (QED) is 0.302. The van der Waals surface area contributed by atoms with E-state index in [0.717, 1.165) is 4.42 Å². The lowest BCUT2D eigenvalue weighted by Crippen LogP contribution is -2.36. The first kappa shape index (κ1) is 24.2. The van der Waals surface area contributed by atoms with Gasteiger partial charge in [-0.2, -0.15) is 10.2 Å². The summed E-state index contributed by atoms with van der Waals surface area (Å²) in [7, 11) is 5.72. The Morgan fingerprint density at radius 2 is 1.55 bits per heavy atom. The molecule has 0 N–H and O–H groups in total. The van der Waals surface area contributed by atoms with Crippen LogP contribution in [0.4, 0.5) is 11.4 Å². The van der Waals surface area contributed by atoms with Crippen LogP contribution in [-0.4, -0.2) is 46.2 Å². The van der Waals surface area contributed by atoms with Crippen molar-refractivity contribution in [2.24, 2.45) is 10.2 Å². The summed E-state index contributed by atoms with van der Waals surface area (Å²) in [5.41, 5.74) is 0.359. The summed E-state index contributed by atoms with van der Waals surface area (Å²) in [6, 6.07) is 6.35. The number of ether oxygens (including phenoxy) is 4. The molecule has 0 saturated carbocycles. The molecular formula is C20H21Cl2N3O6. The molecule has 0 aliphatic rings. The number of azo groups is 1. The average molecular weight is 470 g/mol. The molecule has 0 spiro atoms. The summed E-state index contributed by atoms with van der Waals surface area (Å²) in [4.78, 5) is 25.1. The number of benzene rings is 2. The van der Waals surface area contributed by atoms with Crippen molar-refractivity contribution in [3.05, 3.63) is 35.4 Å². The van der Waals surface area contributed by atoms with Crippen LogP contribution >= 0.6 is 23.4 Å². The molecule has 0 radical (unpaired) electrons. The largest absolute Gasteiger partial charge is 0.493 e. The Hall–Kier alpha value is -3.04. The maximum absolute atomic E-state index is 12.9. The number of nitrogens with zero attached hydrogens (tertiary/aromatic N) is 3. The Morgan fingerprint density at radius 1 is 0.935 bits per heavy atom. The van der Waals surface area contributed by atoms with E-state index in [-0.39, 0.29) is 27.9 Å². The first-order valence-electron chi connectivity index (χ1n) is 8.83. The predicted octanol–water partition coefficient (Wildman–Crippen LogP) is 4.60. The number of amides is 1. The molecule has 1 atom stereocenters. The monoisotopic (exact) mass is 469 g/mol. The second kappa shape index (κ2) is 10.8. The van der Waals surface area contributed by atoms with Crippen LogP contribution in [0.3, 0.4) is 0 Å². The van der Waals surface area contributed by atoms with Gasteiger partial charge in [0.05, 0.1) is 28.4 Å². The maximum Gasteiger partial charge on any atom is 0.276 e. The minimum absolute atomic E-state index is 0.109. The Morgan fingerprint density at radius 3 is 2.10 bits per heavy atom. The minimum atomic E-state index is -1.52. The van der Waals surface area contributed by atoms with Gasteiger partial charge < -0.3 is 18.9 Å². The molecule has 9 nitrogen and oxygen atoms in total. The summed E-state index contributed by atoms with van der Waals surface area (Å²) < 4.78 is 21.6. The number of anilines is 1. The first-order valence-corrected chi connectivity index (χ1v) is 9.54. The summed E-state index contributed by atoms with van der Waals surface area (Å²) in [5, 5.41) is 7.94. The second-order valence-corrected chi connectivity index (χ2v) is 6.71. The van der Waals surface area contributed by atoms with Gasteiger partial charge in [-0.1, -0.05) is 17.7 Å². The van der Waals surface area contributed by atoms with E-state index in [2.05, 4.69) is 10.2 Å². The van der Waals surface area contributed by atoms with Gasteiger partial charge in [0.1, 0.15) is 16.4 Å². The number of carbonyl (C=O) groups excluding carboxylic acids is 2. The lowest BCUT2D eigenvalue weighted by Gasteiger charge is -2.20. The molecule has 0 bridgehead atoms. The van der Waals surface area contributed by atoms with E-state index in [0.29, 0.717) is 11.5 Å². The number of rotatable bonds is 9. The van der Waals surface area contributed by atoms with Crippen molar-refractivity contribution >= 4 is 46.4 Å². The molecule has 0 heterocycles. The fraction of sp³-hybridized carbons (Fsp3) is 0.300. The normalized spacial score (nSPS) is 11.7. The van der Waals surface area contributed by atoms with E-state index in [9.17, 15) is 9.59 Å². The highest BCUT2D eigenvalue weighted by atomic mass is 35.5. The number of ketones is 1. The molecule has 0 aliphatic heterocycles. The number of methoxy groups -OCH3 is 4. The van der Waals surface area contributed by atoms with Crippen LogP contribution in [0.25, 0.3) is 0 Å². The fourth-order valence-electron chi connectivity index (χ4n) is 2.63. The van der Waals surface area contributed by atoms with Crippen LogP contribution in [0.5, 0.6) is 23.0 Å². The van der Waals surface area contributed by atoms with Gasteiger partial charge in [-0.3, -0.25) is 9.59 Å². The minimum Gasteiger partial charge on any atom is -0.493 e. The van der Waals surface area contributed by atoms with Crippen molar-refractivity contribution in [1.29, 1.82) is 0 Å². The highest BCUT2D eigenvalue weighted by molar-refractivity contribution is 6.39. The van der Waals surface area contributed by atoms with Crippen molar-refractivity contribution < 1.29 is 28.5 Å². The summed E-state index contributed by atoms with van der Waals surface area (Å²) in [6.07, 6.45) is 0. The highest BCUT2D eigenvalue weighted by Gasteiger charge is 2.31. The van der Waals surface area contributed by atoms with Crippen LogP contribution in [0.15, 0.2) is 40.6 Å². The average Bonchev–Trinajstić information content (AvgIpc) is 2.78. The molecule has 0 aromatic heterocycles. The van der Waals surface area contributed by atoms with E-state index >= 15 is 0 Å². The van der Waals surface area contributed by atoms with Crippen LogP contribution in [0.1, 0.15) is 6.92 Å². The molecule has 2 rings (SSSR count). The molecule has 0 fully saturated rings. The van der Waals surface area contributed by atoms with Gasteiger partial charge in [0.2, 0.25) is 6.04 Å². The van der Waals surface area contributed by atoms with Gasteiger partial charge in [-0.15, -0.1) is 0 Å². The Bertz CT molecular complexity index is 999. The zero-order chi connectivity index (χ0) is 23.1. The number of carbonyl (C=O) groups is 2. The number of hydrogen-bond acceptors (Lipinski definition) is 8. The third-order valence-electron chi connectivity index (χ3n) is 4.15. The van der Waals surface area contributed by atoms with Crippen LogP contribution < -0.4 is 23.4 Å². The lowest BCUT2D eigenvalue weighted by molar-refractivity contribution is -0.126. The van der Waals surface area contributed by atoms with E-state index in [4.69, 9.17) is 42.3 Å². The van der Waals surface area contributed by atoms with Gasteiger partial charge in [-0.05, 0) is 31.2 Å². The number of halogens is 2. The molecule has 166 valence electrons. The summed E-state index contributed by atoms with van der Waals surface area (Å²) in [5.74, 6) is -0.194. The SMILES string of the molecule is COc1cccc(N(Cl)C(=O)C(N=Nc2ccc(OC)c(OC)c2Cl)C(C)=O)c1OC. The standard InChI is InChI=1S/C20H21Cl2N3O6/c1-11(26)17(24-23-12-9-10-15(29-3)19(31-5)16(12)21)20(27)25(22)13-7-6-8-14(28-2)18(13)30-4/h6-10,17H,1-5H3. The predicted molar refractivity (Wildman–Crippen MR) is 116 cm³/mol. The molecule has 11 heteroatoms. The van der Waals surface area contributed by atoms with E-state index in [1.54, 1.807) is 18.2 Å². The first-order chi connectivity index (χ1) is 14.8. The van der Waals surface area contributed by atoms with Gasteiger partial charge in [0, 0.05) is 11.8 Å². The third kappa shape index (κ3) is 5.18. The van der Waals surface area contributed by atoms with Gasteiger partial charge in [0.15, 0.2) is 28.8 Å². The van der Waals surface area contributed by atoms with Crippen LogP contribution in [-0.2, 0) is 9.59 Å². The van der Waals surface area contributed by atoms with Crippen molar-refractivity contribution in [2.75, 3.05) is 32.9 Å². The number of hydrogen-bond donors (Lipinski definition) is 0. The Balaban J connectivity index is 2.39. The second-order valence-electron chi connectivity index (χ2n) is 5.99. The van der Waals surface area contributed by atoms with Crippen molar-refractivity contribution in [1.82, 2.24) is 0 Å². The van der Waals surface area contributed by atoms with E-state index in [1.165, 1.54) is 47.5 Å². The number of para-hydroxylation sites is 1. The summed E-state index contributed by atoms with van der Waals surface area (Å²) in [6.45, 7) is 1.20. The van der Waals surface area contributed by atoms with E-state index in [1.807, 2.05) is 0 Å². The topological polar surface area (TPSA) is 99.0 Å². The van der Waals surface area contributed by atoms with Crippen molar-refractivity contribution in [3.63, 3.8) is 0 Å². The lowest BCUT2D eigenvalue weighted by atomic mass is 10.2. The molecule has 31 heavy (non-hydrogen) atoms. The number of Topliss-reactive ketones (excluding diaryl/α,β-unsaturated/α-hetero) is 1. The van der Waals surface area contributed by atoms with Crippen molar-refractivity contribution in [3.8, 4) is 23.0 Å². The Labute approximate surface area is 189 Å². The Kier molecular flexibility index (Phi) is 8.47. The van der Waals surface area contributed by atoms with E-state index < -0.39 is 17.7 Å². The summed E-state index contributed by atoms with van der Waals surface area (Å²) >= 11 is 12.5. The zero-order valence-electron chi connectivity index (χ0n) is 17.5. The zero-order valence-corrected chi connectivity index (χ0v) is 19.0.